The van der Waals surface area contributed by atoms with Gasteiger partial charge < -0.3 is 24.6 Å². The van der Waals surface area contributed by atoms with Gasteiger partial charge in [-0.1, -0.05) is 0 Å². The van der Waals surface area contributed by atoms with Crippen LogP contribution >= 0.6 is 0 Å². The third-order valence-electron chi connectivity index (χ3n) is 6.61. The third-order valence-corrected chi connectivity index (χ3v) is 6.61. The van der Waals surface area contributed by atoms with Gasteiger partial charge in [-0.3, -0.25) is 4.99 Å². The Balaban J connectivity index is 1.50. The van der Waals surface area contributed by atoms with Crippen LogP contribution in [0.2, 0.25) is 0 Å². The summed E-state index contributed by atoms with van der Waals surface area (Å²) in [6.45, 7) is 10.3. The lowest BCUT2D eigenvalue weighted by molar-refractivity contribution is 0.00927. The number of rotatable bonds is 8. The molecule has 1 N–H and O–H groups in total. The summed E-state index contributed by atoms with van der Waals surface area (Å²) in [6.07, 6.45) is 7.90. The zero-order valence-electron chi connectivity index (χ0n) is 19.7. The molecule has 30 heavy (non-hydrogen) atoms. The van der Waals surface area contributed by atoms with Gasteiger partial charge >= 0.3 is 6.09 Å². The number of likely N-dealkylation sites (tertiary alicyclic amines) is 1. The summed E-state index contributed by atoms with van der Waals surface area (Å²) < 4.78 is 11.0. The van der Waals surface area contributed by atoms with Crippen LogP contribution in [0, 0.1) is 11.3 Å². The lowest BCUT2D eigenvalue weighted by Crippen LogP contribution is -2.53. The molecule has 0 spiro atoms. The van der Waals surface area contributed by atoms with Crippen molar-refractivity contribution in [3.8, 4) is 0 Å². The van der Waals surface area contributed by atoms with E-state index in [-0.39, 0.29) is 12.1 Å². The van der Waals surface area contributed by atoms with Gasteiger partial charge in [-0.15, -0.1) is 0 Å². The standard InChI is InChI=1S/C23H42N4O3/c1-22(2,3)30-21(28)27(16-18-6-7-18)19-8-13-26(14-9-19)20(24-4)25-17-23(10-11-23)12-15-29-5/h18-19H,6-17H2,1-5H3,(H,24,25). The summed E-state index contributed by atoms with van der Waals surface area (Å²) in [5.74, 6) is 1.65. The number of carbonyl (C=O) groups is 1. The Kier molecular flexibility index (Phi) is 7.53. The molecule has 0 atom stereocenters. The van der Waals surface area contributed by atoms with Gasteiger partial charge in [0, 0.05) is 53.0 Å². The van der Waals surface area contributed by atoms with Crippen LogP contribution < -0.4 is 5.32 Å². The van der Waals surface area contributed by atoms with Crippen LogP contribution in [0.15, 0.2) is 4.99 Å². The molecule has 3 aliphatic rings. The highest BCUT2D eigenvalue weighted by Crippen LogP contribution is 2.48. The molecular formula is C23H42N4O3. The maximum atomic E-state index is 12.8. The molecule has 0 bridgehead atoms. The van der Waals surface area contributed by atoms with E-state index in [1.54, 1.807) is 7.11 Å². The van der Waals surface area contributed by atoms with Gasteiger partial charge in [-0.2, -0.15) is 0 Å². The lowest BCUT2D eigenvalue weighted by atomic mass is 10.0. The van der Waals surface area contributed by atoms with Crippen molar-refractivity contribution in [1.82, 2.24) is 15.1 Å². The fraction of sp³-hybridized carbons (Fsp3) is 0.913. The summed E-state index contributed by atoms with van der Waals surface area (Å²) in [5.41, 5.74) is -0.0603. The van der Waals surface area contributed by atoms with Crippen molar-refractivity contribution >= 4 is 12.1 Å². The van der Waals surface area contributed by atoms with Crippen molar-refractivity contribution in [2.45, 2.75) is 77.4 Å². The first-order chi connectivity index (χ1) is 14.3. The molecule has 0 aromatic heterocycles. The molecule has 2 saturated carbocycles. The number of nitrogens with zero attached hydrogens (tertiary/aromatic N) is 3. The molecule has 0 unspecified atom stereocenters. The van der Waals surface area contributed by atoms with E-state index in [2.05, 4.69) is 15.2 Å². The van der Waals surface area contributed by atoms with Crippen LogP contribution in [-0.4, -0.2) is 80.4 Å². The van der Waals surface area contributed by atoms with Gasteiger partial charge in [0.25, 0.3) is 0 Å². The van der Waals surface area contributed by atoms with Crippen LogP contribution in [0.1, 0.15) is 65.7 Å². The van der Waals surface area contributed by atoms with E-state index in [4.69, 9.17) is 9.47 Å². The first-order valence-electron chi connectivity index (χ1n) is 11.7. The van der Waals surface area contributed by atoms with E-state index in [0.717, 1.165) is 58.0 Å². The molecule has 1 heterocycles. The summed E-state index contributed by atoms with van der Waals surface area (Å²) in [6, 6.07) is 0.256. The van der Waals surface area contributed by atoms with Crippen LogP contribution in [0.4, 0.5) is 4.79 Å². The Morgan fingerprint density at radius 3 is 2.37 bits per heavy atom. The average molecular weight is 423 g/mol. The van der Waals surface area contributed by atoms with Crippen LogP contribution in [-0.2, 0) is 9.47 Å². The Hall–Kier alpha value is -1.50. The van der Waals surface area contributed by atoms with Crippen LogP contribution in [0.25, 0.3) is 0 Å². The number of hydrogen-bond acceptors (Lipinski definition) is 4. The molecule has 172 valence electrons. The second-order valence-corrected chi connectivity index (χ2v) is 10.4. The lowest BCUT2D eigenvalue weighted by Gasteiger charge is -2.40. The number of piperidine rings is 1. The van der Waals surface area contributed by atoms with E-state index < -0.39 is 5.60 Å². The monoisotopic (exact) mass is 422 g/mol. The second-order valence-electron chi connectivity index (χ2n) is 10.4. The molecule has 3 fully saturated rings. The molecule has 1 aliphatic heterocycles. The molecule has 0 radical (unpaired) electrons. The number of amides is 1. The maximum Gasteiger partial charge on any atom is 0.410 e. The summed E-state index contributed by atoms with van der Waals surface area (Å²) in [4.78, 5) is 21.7. The molecule has 7 nitrogen and oxygen atoms in total. The van der Waals surface area contributed by atoms with E-state index in [0.29, 0.717) is 11.3 Å². The number of aliphatic imine (C=N–C) groups is 1. The SMILES string of the molecule is CN=C(NCC1(CCOC)CC1)N1CCC(N(CC2CC2)C(=O)OC(C)(C)C)CC1. The molecule has 1 amide bonds. The predicted molar refractivity (Wildman–Crippen MR) is 120 cm³/mol. The summed E-state index contributed by atoms with van der Waals surface area (Å²) in [5, 5.41) is 3.61. The first-order valence-corrected chi connectivity index (χ1v) is 11.7. The summed E-state index contributed by atoms with van der Waals surface area (Å²) >= 11 is 0. The van der Waals surface area contributed by atoms with Crippen molar-refractivity contribution in [2.24, 2.45) is 16.3 Å². The van der Waals surface area contributed by atoms with E-state index in [1.165, 1.54) is 25.7 Å². The molecule has 2 aliphatic carbocycles. The van der Waals surface area contributed by atoms with Gasteiger partial charge in [0.1, 0.15) is 5.60 Å². The molecular weight excluding hydrogens is 380 g/mol. The van der Waals surface area contributed by atoms with Crippen LogP contribution in [0.5, 0.6) is 0 Å². The van der Waals surface area contributed by atoms with Gasteiger partial charge in [0.2, 0.25) is 0 Å². The quantitative estimate of drug-likeness (QED) is 0.479. The van der Waals surface area contributed by atoms with Crippen molar-refractivity contribution in [1.29, 1.82) is 0 Å². The van der Waals surface area contributed by atoms with E-state index >= 15 is 0 Å². The number of guanidine groups is 1. The Bertz CT molecular complexity index is 600. The Morgan fingerprint density at radius 1 is 1.20 bits per heavy atom. The van der Waals surface area contributed by atoms with Crippen molar-refractivity contribution in [3.05, 3.63) is 0 Å². The molecule has 7 heteroatoms. The number of carbonyl (C=O) groups excluding carboxylic acids is 1. The fourth-order valence-electron chi connectivity index (χ4n) is 4.27. The van der Waals surface area contributed by atoms with Crippen molar-refractivity contribution < 1.29 is 14.3 Å². The normalized spacial score (nSPS) is 22.0. The zero-order chi connectivity index (χ0) is 21.8. The minimum atomic E-state index is -0.451. The first kappa shape index (κ1) is 23.2. The average Bonchev–Trinajstić information content (AvgIpc) is 3.61. The second kappa shape index (κ2) is 9.75. The maximum absolute atomic E-state index is 12.8. The smallest absolute Gasteiger partial charge is 0.410 e. The molecule has 3 rings (SSSR count). The number of hydrogen-bond donors (Lipinski definition) is 1. The molecule has 1 saturated heterocycles. The van der Waals surface area contributed by atoms with Crippen molar-refractivity contribution in [2.75, 3.05) is 46.9 Å². The summed E-state index contributed by atoms with van der Waals surface area (Å²) in [7, 11) is 3.64. The number of methoxy groups -OCH3 is 1. The van der Waals surface area contributed by atoms with Crippen LogP contribution in [0.3, 0.4) is 0 Å². The van der Waals surface area contributed by atoms with Gasteiger partial charge in [0.15, 0.2) is 5.96 Å². The van der Waals surface area contributed by atoms with Gasteiger partial charge in [0.05, 0.1) is 0 Å². The number of ether oxygens (including phenoxy) is 2. The van der Waals surface area contributed by atoms with Gasteiger partial charge in [-0.25, -0.2) is 4.79 Å². The highest BCUT2D eigenvalue weighted by molar-refractivity contribution is 5.80. The highest BCUT2D eigenvalue weighted by atomic mass is 16.6. The Labute approximate surface area is 182 Å². The predicted octanol–water partition coefficient (Wildman–Crippen LogP) is 3.49. The minimum absolute atomic E-state index is 0.149. The van der Waals surface area contributed by atoms with Gasteiger partial charge in [-0.05, 0) is 77.0 Å². The largest absolute Gasteiger partial charge is 0.444 e. The molecule has 0 aromatic carbocycles. The van der Waals surface area contributed by atoms with E-state index in [9.17, 15) is 4.79 Å². The Morgan fingerprint density at radius 2 is 1.87 bits per heavy atom. The fourth-order valence-corrected chi connectivity index (χ4v) is 4.27. The third kappa shape index (κ3) is 6.76. The minimum Gasteiger partial charge on any atom is -0.444 e. The highest BCUT2D eigenvalue weighted by Gasteiger charge is 2.42. The molecule has 0 aromatic rings. The topological polar surface area (TPSA) is 66.4 Å². The van der Waals surface area contributed by atoms with E-state index in [1.807, 2.05) is 32.7 Å². The van der Waals surface area contributed by atoms with Crippen molar-refractivity contribution in [3.63, 3.8) is 0 Å². The number of nitrogens with one attached hydrogen (secondary N) is 1. The zero-order valence-corrected chi connectivity index (χ0v) is 19.7.